The fourth-order valence-electron chi connectivity index (χ4n) is 2.75. The van der Waals surface area contributed by atoms with Gasteiger partial charge in [-0.15, -0.1) is 0 Å². The van der Waals surface area contributed by atoms with E-state index in [4.69, 9.17) is 4.74 Å². The van der Waals surface area contributed by atoms with E-state index < -0.39 is 0 Å². The average molecular weight is 354 g/mol. The summed E-state index contributed by atoms with van der Waals surface area (Å²) >= 11 is 0. The van der Waals surface area contributed by atoms with Gasteiger partial charge in [0.1, 0.15) is 5.75 Å². The zero-order valence-electron chi connectivity index (χ0n) is 16.3. The molecular formula is C23H31NO2. The molecule has 0 saturated heterocycles. The first-order valence-corrected chi connectivity index (χ1v) is 9.74. The molecule has 0 aliphatic heterocycles. The number of hydrogen-bond acceptors (Lipinski definition) is 2. The molecule has 1 N–H and O–H groups in total. The summed E-state index contributed by atoms with van der Waals surface area (Å²) in [6.07, 6.45) is 6.15. The highest BCUT2D eigenvalue weighted by Gasteiger charge is 2.07. The summed E-state index contributed by atoms with van der Waals surface area (Å²) in [5.41, 5.74) is 2.68. The van der Waals surface area contributed by atoms with Gasteiger partial charge in [0.15, 0.2) is 0 Å². The molecule has 0 aromatic heterocycles. The van der Waals surface area contributed by atoms with Crippen LogP contribution in [0.3, 0.4) is 0 Å². The Hall–Kier alpha value is -2.29. The zero-order valence-corrected chi connectivity index (χ0v) is 16.3. The van der Waals surface area contributed by atoms with Crippen LogP contribution in [0, 0.1) is 0 Å². The number of hydrogen-bond donors (Lipinski definition) is 1. The number of anilines is 1. The standard InChI is InChI=1S/C23H31NO2/c1-4-5-6-7-8-17-26-22-15-13-21(14-16-22)24-23(25)20-11-9-19(10-12-20)18(2)3/h9-16,18H,4-8,17H2,1-3H3,(H,24,25). The summed E-state index contributed by atoms with van der Waals surface area (Å²) in [5.74, 6) is 1.22. The summed E-state index contributed by atoms with van der Waals surface area (Å²) in [4.78, 5) is 12.3. The van der Waals surface area contributed by atoms with E-state index in [1.165, 1.54) is 31.2 Å². The molecule has 140 valence electrons. The molecule has 0 bridgehead atoms. The van der Waals surface area contributed by atoms with Crippen LogP contribution in [0.5, 0.6) is 5.75 Å². The quantitative estimate of drug-likeness (QED) is 0.501. The maximum atomic E-state index is 12.3. The molecule has 1 amide bonds. The van der Waals surface area contributed by atoms with Crippen LogP contribution in [-0.2, 0) is 0 Å². The number of rotatable bonds is 10. The molecule has 26 heavy (non-hydrogen) atoms. The van der Waals surface area contributed by atoms with E-state index in [1.54, 1.807) is 0 Å². The summed E-state index contributed by atoms with van der Waals surface area (Å²) in [6.45, 7) is 7.25. The van der Waals surface area contributed by atoms with Gasteiger partial charge in [-0.2, -0.15) is 0 Å². The van der Waals surface area contributed by atoms with Crippen molar-refractivity contribution in [3.63, 3.8) is 0 Å². The van der Waals surface area contributed by atoms with Gasteiger partial charge in [0.25, 0.3) is 5.91 Å². The molecule has 0 spiro atoms. The van der Waals surface area contributed by atoms with Gasteiger partial charge in [-0.25, -0.2) is 0 Å². The highest BCUT2D eigenvalue weighted by Crippen LogP contribution is 2.18. The third kappa shape index (κ3) is 6.55. The summed E-state index contributed by atoms with van der Waals surface area (Å²) in [5, 5.41) is 2.93. The lowest BCUT2D eigenvalue weighted by atomic mass is 10.0. The SMILES string of the molecule is CCCCCCCOc1ccc(NC(=O)c2ccc(C(C)C)cc2)cc1. The molecule has 0 aliphatic carbocycles. The molecular weight excluding hydrogens is 322 g/mol. The van der Waals surface area contributed by atoms with Crippen molar-refractivity contribution in [3.05, 3.63) is 59.7 Å². The predicted molar refractivity (Wildman–Crippen MR) is 109 cm³/mol. The third-order valence-electron chi connectivity index (χ3n) is 4.47. The summed E-state index contributed by atoms with van der Waals surface area (Å²) < 4.78 is 5.75. The van der Waals surface area contributed by atoms with Crippen LogP contribution in [0.2, 0.25) is 0 Å². The first-order valence-electron chi connectivity index (χ1n) is 9.74. The Balaban J connectivity index is 1.79. The van der Waals surface area contributed by atoms with Crippen molar-refractivity contribution < 1.29 is 9.53 Å². The molecule has 3 nitrogen and oxygen atoms in total. The number of amides is 1. The minimum absolute atomic E-state index is 0.0927. The van der Waals surface area contributed by atoms with Gasteiger partial charge < -0.3 is 10.1 Å². The number of nitrogens with one attached hydrogen (secondary N) is 1. The maximum absolute atomic E-state index is 12.3. The second-order valence-corrected chi connectivity index (χ2v) is 7.02. The largest absolute Gasteiger partial charge is 0.494 e. The highest BCUT2D eigenvalue weighted by atomic mass is 16.5. The van der Waals surface area contributed by atoms with E-state index in [0.717, 1.165) is 24.5 Å². The van der Waals surface area contributed by atoms with Gasteiger partial charge in [0.2, 0.25) is 0 Å². The molecule has 0 unspecified atom stereocenters. The Morgan fingerprint density at radius 2 is 1.58 bits per heavy atom. The van der Waals surface area contributed by atoms with E-state index in [0.29, 0.717) is 11.5 Å². The van der Waals surface area contributed by atoms with Crippen molar-refractivity contribution in [2.75, 3.05) is 11.9 Å². The van der Waals surface area contributed by atoms with Gasteiger partial charge >= 0.3 is 0 Å². The molecule has 3 heteroatoms. The number of benzene rings is 2. The minimum Gasteiger partial charge on any atom is -0.494 e. The second-order valence-electron chi connectivity index (χ2n) is 7.02. The van der Waals surface area contributed by atoms with Gasteiger partial charge in [0.05, 0.1) is 6.61 Å². The van der Waals surface area contributed by atoms with Crippen molar-refractivity contribution >= 4 is 11.6 Å². The van der Waals surface area contributed by atoms with Crippen LogP contribution in [0.15, 0.2) is 48.5 Å². The number of carbonyl (C=O) groups is 1. The Bertz CT molecular complexity index is 660. The normalized spacial score (nSPS) is 10.8. The van der Waals surface area contributed by atoms with E-state index in [1.807, 2.05) is 48.5 Å². The van der Waals surface area contributed by atoms with E-state index in [2.05, 4.69) is 26.1 Å². The Kier molecular flexibility index (Phi) is 8.20. The Morgan fingerprint density at radius 3 is 2.19 bits per heavy atom. The van der Waals surface area contributed by atoms with Crippen molar-refractivity contribution in [2.24, 2.45) is 0 Å². The third-order valence-corrected chi connectivity index (χ3v) is 4.47. The van der Waals surface area contributed by atoms with Gasteiger partial charge in [0, 0.05) is 11.3 Å². The van der Waals surface area contributed by atoms with Crippen LogP contribution in [0.1, 0.15) is 74.7 Å². The first kappa shape index (κ1) is 20.0. The smallest absolute Gasteiger partial charge is 0.255 e. The molecule has 0 atom stereocenters. The van der Waals surface area contributed by atoms with Crippen LogP contribution in [0.25, 0.3) is 0 Å². The summed E-state index contributed by atoms with van der Waals surface area (Å²) in [6, 6.07) is 15.3. The van der Waals surface area contributed by atoms with Crippen molar-refractivity contribution in [3.8, 4) is 5.75 Å². The van der Waals surface area contributed by atoms with Crippen molar-refractivity contribution in [2.45, 2.75) is 58.8 Å². The zero-order chi connectivity index (χ0) is 18.8. The molecule has 0 heterocycles. The summed E-state index contributed by atoms with van der Waals surface area (Å²) in [7, 11) is 0. The lowest BCUT2D eigenvalue weighted by Gasteiger charge is -2.09. The Morgan fingerprint density at radius 1 is 0.923 bits per heavy atom. The van der Waals surface area contributed by atoms with Crippen LogP contribution < -0.4 is 10.1 Å². The number of ether oxygens (including phenoxy) is 1. The predicted octanol–water partition coefficient (Wildman–Crippen LogP) is 6.41. The lowest BCUT2D eigenvalue weighted by molar-refractivity contribution is 0.102. The number of unbranched alkanes of at least 4 members (excludes halogenated alkanes) is 4. The van der Waals surface area contributed by atoms with Crippen LogP contribution >= 0.6 is 0 Å². The van der Waals surface area contributed by atoms with Gasteiger partial charge in [-0.3, -0.25) is 4.79 Å². The molecule has 0 radical (unpaired) electrons. The van der Waals surface area contributed by atoms with Crippen LogP contribution in [0.4, 0.5) is 5.69 Å². The van der Waals surface area contributed by atoms with E-state index >= 15 is 0 Å². The van der Waals surface area contributed by atoms with Crippen molar-refractivity contribution in [1.29, 1.82) is 0 Å². The van der Waals surface area contributed by atoms with E-state index in [-0.39, 0.29) is 5.91 Å². The Labute approximate surface area is 157 Å². The number of carbonyl (C=O) groups excluding carboxylic acids is 1. The monoisotopic (exact) mass is 353 g/mol. The average Bonchev–Trinajstić information content (AvgIpc) is 2.66. The van der Waals surface area contributed by atoms with Gasteiger partial charge in [-0.1, -0.05) is 58.6 Å². The minimum atomic E-state index is -0.0927. The second kappa shape index (κ2) is 10.6. The first-order chi connectivity index (χ1) is 12.6. The van der Waals surface area contributed by atoms with Crippen LogP contribution in [-0.4, -0.2) is 12.5 Å². The topological polar surface area (TPSA) is 38.3 Å². The fraction of sp³-hybridized carbons (Fsp3) is 0.435. The lowest BCUT2D eigenvalue weighted by Crippen LogP contribution is -2.11. The molecule has 0 fully saturated rings. The molecule has 0 saturated carbocycles. The van der Waals surface area contributed by atoms with Gasteiger partial charge in [-0.05, 0) is 54.3 Å². The van der Waals surface area contributed by atoms with Crippen molar-refractivity contribution in [1.82, 2.24) is 0 Å². The van der Waals surface area contributed by atoms with E-state index in [9.17, 15) is 4.79 Å². The molecule has 0 aliphatic rings. The highest BCUT2D eigenvalue weighted by molar-refractivity contribution is 6.04. The fourth-order valence-corrected chi connectivity index (χ4v) is 2.75. The maximum Gasteiger partial charge on any atom is 0.255 e. The molecule has 2 rings (SSSR count). The molecule has 2 aromatic carbocycles. The molecule has 2 aromatic rings.